The molecule has 1 saturated heterocycles. The Morgan fingerprint density at radius 3 is 3.00 bits per heavy atom. The Kier molecular flexibility index (Phi) is 2.91. The average Bonchev–Trinajstić information content (AvgIpc) is 3.06. The second-order valence-corrected chi connectivity index (χ2v) is 5.91. The molecule has 0 aromatic carbocycles. The maximum absolute atomic E-state index is 4.58. The highest BCUT2D eigenvalue weighted by Gasteiger charge is 2.45. The Balaban J connectivity index is 1.53. The minimum atomic E-state index is 0.730. The first-order chi connectivity index (χ1) is 8.26. The van der Waals surface area contributed by atoms with Gasteiger partial charge >= 0.3 is 0 Å². The van der Waals surface area contributed by atoms with Crippen molar-refractivity contribution in [3.05, 3.63) is 29.6 Å². The van der Waals surface area contributed by atoms with Crippen LogP contribution in [0.4, 0.5) is 0 Å². The Morgan fingerprint density at radius 2 is 2.24 bits per heavy atom. The van der Waals surface area contributed by atoms with Crippen LogP contribution >= 0.6 is 0 Å². The SMILES string of the molecule is Cc1cccc(CCC2CC3(CCN2)CC3)n1. The van der Waals surface area contributed by atoms with E-state index in [0.717, 1.165) is 23.6 Å². The molecule has 1 aromatic heterocycles. The largest absolute Gasteiger partial charge is 0.314 e. The van der Waals surface area contributed by atoms with E-state index < -0.39 is 0 Å². The maximum atomic E-state index is 4.58. The van der Waals surface area contributed by atoms with E-state index in [2.05, 4.69) is 35.4 Å². The minimum absolute atomic E-state index is 0.730. The standard InChI is InChI=1S/C15H22N2/c1-12-3-2-4-13(17-12)5-6-14-11-15(7-8-15)9-10-16-14/h2-4,14,16H,5-11H2,1H3. The van der Waals surface area contributed by atoms with Crippen molar-refractivity contribution in [3.63, 3.8) is 0 Å². The summed E-state index contributed by atoms with van der Waals surface area (Å²) in [4.78, 5) is 4.58. The first-order valence-electron chi connectivity index (χ1n) is 6.92. The number of aryl methyl sites for hydroxylation is 2. The Hall–Kier alpha value is -0.890. The molecule has 1 atom stereocenters. The van der Waals surface area contributed by atoms with Gasteiger partial charge in [-0.3, -0.25) is 4.98 Å². The molecule has 0 bridgehead atoms. The lowest BCUT2D eigenvalue weighted by molar-refractivity contribution is 0.272. The van der Waals surface area contributed by atoms with Gasteiger partial charge < -0.3 is 5.32 Å². The molecule has 1 saturated carbocycles. The molecule has 1 N–H and O–H groups in total. The normalized spacial score (nSPS) is 26.1. The van der Waals surface area contributed by atoms with Gasteiger partial charge in [0.1, 0.15) is 0 Å². The van der Waals surface area contributed by atoms with Crippen molar-refractivity contribution in [1.82, 2.24) is 10.3 Å². The van der Waals surface area contributed by atoms with Crippen LogP contribution in [-0.2, 0) is 6.42 Å². The van der Waals surface area contributed by atoms with Crippen LogP contribution in [0.1, 0.15) is 43.5 Å². The van der Waals surface area contributed by atoms with Gasteiger partial charge in [0.25, 0.3) is 0 Å². The van der Waals surface area contributed by atoms with Gasteiger partial charge in [-0.2, -0.15) is 0 Å². The zero-order valence-corrected chi connectivity index (χ0v) is 10.7. The molecule has 1 unspecified atom stereocenters. The second-order valence-electron chi connectivity index (χ2n) is 5.91. The van der Waals surface area contributed by atoms with E-state index >= 15 is 0 Å². The summed E-state index contributed by atoms with van der Waals surface area (Å²) >= 11 is 0. The second kappa shape index (κ2) is 4.41. The number of hydrogen-bond donors (Lipinski definition) is 1. The smallest absolute Gasteiger partial charge is 0.0407 e. The first kappa shape index (κ1) is 11.2. The van der Waals surface area contributed by atoms with Crippen LogP contribution in [0.3, 0.4) is 0 Å². The van der Waals surface area contributed by atoms with Crippen molar-refractivity contribution >= 4 is 0 Å². The van der Waals surface area contributed by atoms with E-state index in [0.29, 0.717) is 0 Å². The number of aromatic nitrogens is 1. The number of nitrogens with zero attached hydrogens (tertiary/aromatic N) is 1. The molecule has 2 nitrogen and oxygen atoms in total. The maximum Gasteiger partial charge on any atom is 0.0407 e. The van der Waals surface area contributed by atoms with E-state index in [4.69, 9.17) is 0 Å². The lowest BCUT2D eigenvalue weighted by atomic mass is 9.87. The third-order valence-corrected chi connectivity index (χ3v) is 4.42. The van der Waals surface area contributed by atoms with E-state index in [1.54, 1.807) is 0 Å². The van der Waals surface area contributed by atoms with E-state index in [-0.39, 0.29) is 0 Å². The Labute approximate surface area is 104 Å². The van der Waals surface area contributed by atoms with Crippen molar-refractivity contribution in [2.45, 2.75) is 51.5 Å². The molecule has 1 aromatic rings. The van der Waals surface area contributed by atoms with Gasteiger partial charge in [0, 0.05) is 17.4 Å². The monoisotopic (exact) mass is 230 g/mol. The molecule has 1 aliphatic heterocycles. The van der Waals surface area contributed by atoms with Crippen LogP contribution in [0.5, 0.6) is 0 Å². The number of hydrogen-bond acceptors (Lipinski definition) is 2. The summed E-state index contributed by atoms with van der Waals surface area (Å²) in [6, 6.07) is 7.08. The van der Waals surface area contributed by atoms with Crippen molar-refractivity contribution in [1.29, 1.82) is 0 Å². The summed E-state index contributed by atoms with van der Waals surface area (Å²) in [5.74, 6) is 0. The third-order valence-electron chi connectivity index (χ3n) is 4.42. The van der Waals surface area contributed by atoms with Gasteiger partial charge in [-0.1, -0.05) is 6.07 Å². The molecule has 2 fully saturated rings. The highest BCUT2D eigenvalue weighted by Crippen LogP contribution is 2.54. The zero-order valence-electron chi connectivity index (χ0n) is 10.7. The van der Waals surface area contributed by atoms with Gasteiger partial charge in [-0.25, -0.2) is 0 Å². The lowest BCUT2D eigenvalue weighted by Crippen LogP contribution is -2.39. The summed E-state index contributed by atoms with van der Waals surface area (Å²) in [5, 5.41) is 3.67. The van der Waals surface area contributed by atoms with Crippen molar-refractivity contribution in [2.75, 3.05) is 6.54 Å². The molecule has 2 heterocycles. The molecule has 92 valence electrons. The van der Waals surface area contributed by atoms with Crippen molar-refractivity contribution in [3.8, 4) is 0 Å². The summed E-state index contributed by atoms with van der Waals surface area (Å²) in [7, 11) is 0. The first-order valence-corrected chi connectivity index (χ1v) is 6.92. The molecule has 0 amide bonds. The fourth-order valence-corrected chi connectivity index (χ4v) is 3.13. The van der Waals surface area contributed by atoms with E-state index in [1.165, 1.54) is 44.3 Å². The van der Waals surface area contributed by atoms with Crippen LogP contribution in [0.2, 0.25) is 0 Å². The number of piperidine rings is 1. The molecule has 1 spiro atoms. The molecule has 2 aliphatic rings. The molecular weight excluding hydrogens is 208 g/mol. The predicted molar refractivity (Wildman–Crippen MR) is 70.0 cm³/mol. The highest BCUT2D eigenvalue weighted by atomic mass is 14.9. The number of rotatable bonds is 3. The molecule has 2 heteroatoms. The lowest BCUT2D eigenvalue weighted by Gasteiger charge is -2.30. The Bertz CT molecular complexity index is 396. The quantitative estimate of drug-likeness (QED) is 0.863. The van der Waals surface area contributed by atoms with Crippen LogP contribution in [0.25, 0.3) is 0 Å². The van der Waals surface area contributed by atoms with E-state index in [9.17, 15) is 0 Å². The van der Waals surface area contributed by atoms with E-state index in [1.807, 2.05) is 0 Å². The van der Waals surface area contributed by atoms with Crippen LogP contribution < -0.4 is 5.32 Å². The van der Waals surface area contributed by atoms with Crippen LogP contribution in [-0.4, -0.2) is 17.6 Å². The van der Waals surface area contributed by atoms with Crippen molar-refractivity contribution in [2.24, 2.45) is 5.41 Å². The van der Waals surface area contributed by atoms with Crippen LogP contribution in [0, 0.1) is 12.3 Å². The molecule has 1 aliphatic carbocycles. The van der Waals surface area contributed by atoms with Gasteiger partial charge in [0.05, 0.1) is 0 Å². The molecule has 17 heavy (non-hydrogen) atoms. The fraction of sp³-hybridized carbons (Fsp3) is 0.667. The Morgan fingerprint density at radius 1 is 1.35 bits per heavy atom. The zero-order chi connectivity index (χ0) is 11.7. The summed E-state index contributed by atoms with van der Waals surface area (Å²) in [6.07, 6.45) is 8.14. The summed E-state index contributed by atoms with van der Waals surface area (Å²) in [5.41, 5.74) is 3.15. The molecule has 3 rings (SSSR count). The van der Waals surface area contributed by atoms with Crippen LogP contribution in [0.15, 0.2) is 18.2 Å². The number of nitrogens with one attached hydrogen (secondary N) is 1. The highest BCUT2D eigenvalue weighted by molar-refractivity contribution is 5.10. The molecular formula is C15H22N2. The molecule has 0 radical (unpaired) electrons. The van der Waals surface area contributed by atoms with Gasteiger partial charge in [0.2, 0.25) is 0 Å². The predicted octanol–water partition coefficient (Wildman–Crippen LogP) is 2.85. The minimum Gasteiger partial charge on any atom is -0.314 e. The number of pyridine rings is 1. The third kappa shape index (κ3) is 2.68. The average molecular weight is 230 g/mol. The summed E-state index contributed by atoms with van der Waals surface area (Å²) in [6.45, 7) is 3.30. The van der Waals surface area contributed by atoms with Gasteiger partial charge in [0.15, 0.2) is 0 Å². The van der Waals surface area contributed by atoms with Crippen molar-refractivity contribution < 1.29 is 0 Å². The topological polar surface area (TPSA) is 24.9 Å². The van der Waals surface area contributed by atoms with Gasteiger partial charge in [-0.05, 0) is 69.5 Å². The fourth-order valence-electron chi connectivity index (χ4n) is 3.13. The van der Waals surface area contributed by atoms with Gasteiger partial charge in [-0.15, -0.1) is 0 Å². The summed E-state index contributed by atoms with van der Waals surface area (Å²) < 4.78 is 0.